The highest BCUT2D eigenvalue weighted by Crippen LogP contribution is 2.33. The number of hydrogen-bond donors (Lipinski definition) is 0. The van der Waals surface area contributed by atoms with Gasteiger partial charge in [0.1, 0.15) is 11.6 Å². The minimum atomic E-state index is -3.20. The summed E-state index contributed by atoms with van der Waals surface area (Å²) in [6, 6.07) is 10.2. The Balaban J connectivity index is 1.46. The van der Waals surface area contributed by atoms with Crippen LogP contribution in [0.3, 0.4) is 0 Å². The molecule has 1 fully saturated rings. The van der Waals surface area contributed by atoms with Crippen LogP contribution in [0.4, 0.5) is 21.2 Å². The molecule has 9 nitrogen and oxygen atoms in total. The molecule has 0 amide bonds. The molecule has 4 aromatic rings. The summed E-state index contributed by atoms with van der Waals surface area (Å²) in [7, 11) is -1.26. The van der Waals surface area contributed by atoms with E-state index >= 15 is 0 Å². The predicted molar refractivity (Wildman–Crippen MR) is 137 cm³/mol. The Morgan fingerprint density at radius 2 is 1.77 bits per heavy atom. The van der Waals surface area contributed by atoms with Gasteiger partial charge in [-0.05, 0) is 42.8 Å². The van der Waals surface area contributed by atoms with Crippen LogP contribution in [-0.4, -0.2) is 71.8 Å². The first-order valence-electron chi connectivity index (χ1n) is 11.3. The quantitative estimate of drug-likeness (QED) is 0.389. The van der Waals surface area contributed by atoms with Crippen LogP contribution in [0, 0.1) is 5.82 Å². The van der Waals surface area contributed by atoms with E-state index in [1.165, 1.54) is 34.0 Å². The second-order valence-corrected chi connectivity index (χ2v) is 11.2. The molecule has 1 aliphatic rings. The highest BCUT2D eigenvalue weighted by atomic mass is 32.2. The van der Waals surface area contributed by atoms with E-state index in [0.29, 0.717) is 26.2 Å². The fraction of sp³-hybridized carbons (Fsp3) is 0.348. The van der Waals surface area contributed by atoms with Gasteiger partial charge in [0.2, 0.25) is 10.0 Å². The lowest BCUT2D eigenvalue weighted by Gasteiger charge is -2.33. The molecule has 0 bridgehead atoms. The van der Waals surface area contributed by atoms with Crippen LogP contribution in [0.5, 0.6) is 0 Å². The number of sulfonamides is 1. The molecule has 5 rings (SSSR count). The van der Waals surface area contributed by atoms with Gasteiger partial charge in [-0.1, -0.05) is 6.92 Å². The molecule has 1 aliphatic heterocycles. The van der Waals surface area contributed by atoms with E-state index in [9.17, 15) is 12.8 Å². The van der Waals surface area contributed by atoms with Crippen LogP contribution in [-0.2, 0) is 16.4 Å². The highest BCUT2D eigenvalue weighted by molar-refractivity contribution is 7.88. The largest absolute Gasteiger partial charge is 0.353 e. The molecule has 1 aromatic carbocycles. The van der Waals surface area contributed by atoms with Crippen molar-refractivity contribution >= 4 is 43.8 Å². The van der Waals surface area contributed by atoms with Gasteiger partial charge in [0, 0.05) is 44.2 Å². The average Bonchev–Trinajstić information content (AvgIpc) is 3.48. The molecule has 35 heavy (non-hydrogen) atoms. The van der Waals surface area contributed by atoms with Gasteiger partial charge in [-0.25, -0.2) is 22.8 Å². The number of imidazole rings is 1. The number of nitrogens with zero attached hydrogens (tertiary/aromatic N) is 7. The van der Waals surface area contributed by atoms with Crippen molar-refractivity contribution in [1.82, 2.24) is 23.9 Å². The molecule has 184 valence electrons. The summed E-state index contributed by atoms with van der Waals surface area (Å²) >= 11 is 1.50. The van der Waals surface area contributed by atoms with Crippen LogP contribution in [0.2, 0.25) is 0 Å². The first-order valence-corrected chi connectivity index (χ1v) is 14.0. The molecule has 0 aliphatic carbocycles. The number of piperazine rings is 1. The molecule has 0 N–H and O–H groups in total. The standard InChI is InChI=1S/C23H26FN7O2S2/c1-4-18-22(28(2)23-26-19(15-34-23)16-5-7-17(24)8-6-16)31-20(25-18)9-10-21(27-31)29-11-13-30(14-12-29)35(3,32)33/h5-10,15H,4,11-14H2,1-3H3. The lowest BCUT2D eigenvalue weighted by Crippen LogP contribution is -2.48. The normalized spacial score (nSPS) is 15.1. The van der Waals surface area contributed by atoms with Gasteiger partial charge in [0.15, 0.2) is 16.6 Å². The lowest BCUT2D eigenvalue weighted by atomic mass is 10.2. The zero-order valence-electron chi connectivity index (χ0n) is 19.7. The van der Waals surface area contributed by atoms with E-state index in [1.807, 2.05) is 34.0 Å². The Labute approximate surface area is 207 Å². The molecule has 3 aromatic heterocycles. The van der Waals surface area contributed by atoms with Crippen LogP contribution in [0.15, 0.2) is 41.8 Å². The molecule has 12 heteroatoms. The number of fused-ring (bicyclic) bond motifs is 1. The molecule has 0 atom stereocenters. The van der Waals surface area contributed by atoms with Crippen LogP contribution < -0.4 is 9.80 Å². The zero-order chi connectivity index (χ0) is 24.7. The summed E-state index contributed by atoms with van der Waals surface area (Å²) in [4.78, 5) is 13.6. The number of aromatic nitrogens is 4. The summed E-state index contributed by atoms with van der Waals surface area (Å²) in [5, 5.41) is 7.61. The minimum absolute atomic E-state index is 0.278. The molecule has 0 saturated carbocycles. The predicted octanol–water partition coefficient (Wildman–Crippen LogP) is 3.40. The third-order valence-corrected chi connectivity index (χ3v) is 8.33. The topological polar surface area (TPSA) is 86.9 Å². The Morgan fingerprint density at radius 1 is 1.06 bits per heavy atom. The lowest BCUT2D eigenvalue weighted by molar-refractivity contribution is 0.386. The van der Waals surface area contributed by atoms with Crippen LogP contribution in [0.25, 0.3) is 16.9 Å². The van der Waals surface area contributed by atoms with Gasteiger partial charge >= 0.3 is 0 Å². The maximum atomic E-state index is 13.3. The van der Waals surface area contributed by atoms with Gasteiger partial charge < -0.3 is 9.80 Å². The van der Waals surface area contributed by atoms with Crippen molar-refractivity contribution in [3.05, 3.63) is 53.3 Å². The Bertz CT molecular complexity index is 1460. The van der Waals surface area contributed by atoms with Gasteiger partial charge in [-0.3, -0.25) is 0 Å². The molecule has 0 unspecified atom stereocenters. The first-order chi connectivity index (χ1) is 16.7. The van der Waals surface area contributed by atoms with Gasteiger partial charge in [-0.2, -0.15) is 8.82 Å². The Hall–Kier alpha value is -3.09. The number of thiazole rings is 1. The number of aryl methyl sites for hydroxylation is 1. The van der Waals surface area contributed by atoms with Gasteiger partial charge in [-0.15, -0.1) is 16.4 Å². The van der Waals surface area contributed by atoms with E-state index in [1.54, 1.807) is 12.1 Å². The third-order valence-electron chi connectivity index (χ3n) is 6.11. The SMILES string of the molecule is CCc1nc2ccc(N3CCN(S(C)(=O)=O)CC3)nn2c1N(C)c1nc(-c2ccc(F)cc2)cs1. The summed E-state index contributed by atoms with van der Waals surface area (Å²) in [5.41, 5.74) is 3.26. The minimum Gasteiger partial charge on any atom is -0.353 e. The van der Waals surface area contributed by atoms with Crippen molar-refractivity contribution in [3.8, 4) is 11.3 Å². The number of anilines is 3. The monoisotopic (exact) mass is 515 g/mol. The fourth-order valence-electron chi connectivity index (χ4n) is 4.21. The zero-order valence-corrected chi connectivity index (χ0v) is 21.4. The van der Waals surface area contributed by atoms with E-state index < -0.39 is 10.0 Å². The van der Waals surface area contributed by atoms with Crippen molar-refractivity contribution < 1.29 is 12.8 Å². The van der Waals surface area contributed by atoms with Crippen molar-refractivity contribution in [1.29, 1.82) is 0 Å². The molecular formula is C23H26FN7O2S2. The van der Waals surface area contributed by atoms with Gasteiger partial charge in [0.05, 0.1) is 17.6 Å². The number of rotatable bonds is 6. The molecule has 0 spiro atoms. The molecular weight excluding hydrogens is 489 g/mol. The molecule has 1 saturated heterocycles. The Morgan fingerprint density at radius 3 is 2.43 bits per heavy atom. The smallest absolute Gasteiger partial charge is 0.211 e. The summed E-state index contributed by atoms with van der Waals surface area (Å²) in [6.45, 7) is 4.05. The summed E-state index contributed by atoms with van der Waals surface area (Å²) < 4.78 is 40.3. The van der Waals surface area contributed by atoms with E-state index in [0.717, 1.165) is 45.8 Å². The summed E-state index contributed by atoms with van der Waals surface area (Å²) in [5.74, 6) is 1.32. The maximum absolute atomic E-state index is 13.3. The number of hydrogen-bond acceptors (Lipinski definition) is 8. The third kappa shape index (κ3) is 4.60. The van der Waals surface area contributed by atoms with Crippen molar-refractivity contribution in [3.63, 3.8) is 0 Å². The second kappa shape index (κ2) is 9.17. The van der Waals surface area contributed by atoms with Crippen molar-refractivity contribution in [2.24, 2.45) is 0 Å². The summed E-state index contributed by atoms with van der Waals surface area (Å²) in [6.07, 6.45) is 1.97. The first kappa shape index (κ1) is 23.6. The highest BCUT2D eigenvalue weighted by Gasteiger charge is 2.25. The average molecular weight is 516 g/mol. The molecule has 4 heterocycles. The van der Waals surface area contributed by atoms with Gasteiger partial charge in [0.25, 0.3) is 0 Å². The fourth-order valence-corrected chi connectivity index (χ4v) is 5.84. The van der Waals surface area contributed by atoms with Crippen molar-refractivity contribution in [2.45, 2.75) is 13.3 Å². The van der Waals surface area contributed by atoms with Crippen LogP contribution in [0.1, 0.15) is 12.6 Å². The van der Waals surface area contributed by atoms with E-state index in [2.05, 4.69) is 11.8 Å². The number of benzene rings is 1. The van der Waals surface area contributed by atoms with Crippen LogP contribution >= 0.6 is 11.3 Å². The molecule has 0 radical (unpaired) electrons. The second-order valence-electron chi connectivity index (χ2n) is 8.43. The van der Waals surface area contributed by atoms with E-state index in [4.69, 9.17) is 15.1 Å². The Kier molecular flexibility index (Phi) is 6.20. The van der Waals surface area contributed by atoms with E-state index in [-0.39, 0.29) is 5.82 Å². The number of halogens is 1. The maximum Gasteiger partial charge on any atom is 0.211 e. The van der Waals surface area contributed by atoms with Crippen molar-refractivity contribution in [2.75, 3.05) is 49.3 Å².